The average Bonchev–Trinajstić information content (AvgIpc) is 2.64. The minimum atomic E-state index is -0.308. The van der Waals surface area contributed by atoms with Crippen LogP contribution in [0.3, 0.4) is 0 Å². The Morgan fingerprint density at radius 1 is 1.22 bits per heavy atom. The van der Waals surface area contributed by atoms with E-state index in [-0.39, 0.29) is 11.2 Å². The van der Waals surface area contributed by atoms with E-state index >= 15 is 0 Å². The molecule has 146 valence electrons. The molecular formula is C23H31FN2O. The maximum atomic E-state index is 14.6. The third-order valence-electron chi connectivity index (χ3n) is 4.66. The number of benzene rings is 1. The Bertz CT molecular complexity index is 835. The molecule has 27 heavy (non-hydrogen) atoms. The van der Waals surface area contributed by atoms with E-state index in [1.165, 1.54) is 6.07 Å². The van der Waals surface area contributed by atoms with Crippen LogP contribution in [0.4, 0.5) is 10.2 Å². The second-order valence-corrected chi connectivity index (χ2v) is 7.80. The minimum Gasteiger partial charge on any atom is -0.496 e. The van der Waals surface area contributed by atoms with E-state index in [9.17, 15) is 4.39 Å². The van der Waals surface area contributed by atoms with Gasteiger partial charge in [-0.05, 0) is 48.1 Å². The van der Waals surface area contributed by atoms with Gasteiger partial charge in [-0.2, -0.15) is 0 Å². The highest BCUT2D eigenvalue weighted by Crippen LogP contribution is 2.39. The molecular weight excluding hydrogens is 339 g/mol. The molecule has 3 nitrogen and oxygen atoms in total. The molecule has 0 bridgehead atoms. The molecule has 0 aliphatic rings. The second kappa shape index (κ2) is 8.55. The molecule has 4 heteroatoms. The number of methoxy groups -OCH3 is 1. The first-order valence-corrected chi connectivity index (χ1v) is 9.47. The van der Waals surface area contributed by atoms with Crippen LogP contribution in [0.15, 0.2) is 30.3 Å². The molecule has 1 aromatic carbocycles. The number of rotatable bonds is 6. The number of aromatic nitrogens is 1. The number of halogens is 1. The summed E-state index contributed by atoms with van der Waals surface area (Å²) in [5.74, 6) is 1.00. The van der Waals surface area contributed by atoms with Gasteiger partial charge in [-0.3, -0.25) is 0 Å². The fourth-order valence-corrected chi connectivity index (χ4v) is 3.06. The summed E-state index contributed by atoms with van der Waals surface area (Å²) < 4.78 is 20.1. The van der Waals surface area contributed by atoms with E-state index < -0.39 is 0 Å². The summed E-state index contributed by atoms with van der Waals surface area (Å²) in [5.41, 5.74) is 4.17. The predicted octanol–water partition coefficient (Wildman–Crippen LogP) is 6.44. The molecule has 1 aromatic heterocycles. The van der Waals surface area contributed by atoms with Crippen molar-refractivity contribution in [3.8, 4) is 16.9 Å². The summed E-state index contributed by atoms with van der Waals surface area (Å²) in [6, 6.07) is 7.39. The Balaban J connectivity index is 2.63. The van der Waals surface area contributed by atoms with Crippen molar-refractivity contribution in [2.45, 2.75) is 52.9 Å². The standard InChI is InChI=1S/C23H31FN2O/c1-8-9-10-15(2)20-12-11-16(22(25-6)26-20)17-13-18(23(3,4)5)19(24)14-21(17)27-7/h10-14H,8-9H2,1-7H3,(H,25,26)/b15-10+. The molecule has 2 aromatic rings. The zero-order valence-electron chi connectivity index (χ0n) is 17.5. The molecule has 0 amide bonds. The first kappa shape index (κ1) is 20.9. The molecule has 0 saturated carbocycles. The van der Waals surface area contributed by atoms with Gasteiger partial charge < -0.3 is 10.1 Å². The Kier molecular flexibility index (Phi) is 6.63. The topological polar surface area (TPSA) is 34.1 Å². The Morgan fingerprint density at radius 3 is 2.48 bits per heavy atom. The molecule has 0 aliphatic carbocycles. The third-order valence-corrected chi connectivity index (χ3v) is 4.66. The lowest BCUT2D eigenvalue weighted by molar-refractivity contribution is 0.410. The lowest BCUT2D eigenvalue weighted by Gasteiger charge is -2.23. The number of pyridine rings is 1. The van der Waals surface area contributed by atoms with Crippen molar-refractivity contribution >= 4 is 11.4 Å². The monoisotopic (exact) mass is 370 g/mol. The molecule has 0 spiro atoms. The van der Waals surface area contributed by atoms with Crippen LogP contribution in [0, 0.1) is 5.82 Å². The summed E-state index contributed by atoms with van der Waals surface area (Å²) >= 11 is 0. The second-order valence-electron chi connectivity index (χ2n) is 7.80. The van der Waals surface area contributed by atoms with Crippen molar-refractivity contribution in [2.75, 3.05) is 19.5 Å². The summed E-state index contributed by atoms with van der Waals surface area (Å²) in [6.07, 6.45) is 4.35. The van der Waals surface area contributed by atoms with Crippen molar-refractivity contribution in [1.29, 1.82) is 0 Å². The Morgan fingerprint density at radius 2 is 1.93 bits per heavy atom. The lowest BCUT2D eigenvalue weighted by atomic mass is 9.84. The summed E-state index contributed by atoms with van der Waals surface area (Å²) in [4.78, 5) is 4.78. The highest BCUT2D eigenvalue weighted by Gasteiger charge is 2.23. The van der Waals surface area contributed by atoms with Crippen molar-refractivity contribution in [3.63, 3.8) is 0 Å². The highest BCUT2D eigenvalue weighted by molar-refractivity contribution is 5.81. The van der Waals surface area contributed by atoms with Gasteiger partial charge in [-0.15, -0.1) is 0 Å². The van der Waals surface area contributed by atoms with Gasteiger partial charge in [0, 0.05) is 24.2 Å². The van der Waals surface area contributed by atoms with Gasteiger partial charge in [0.25, 0.3) is 0 Å². The first-order chi connectivity index (χ1) is 12.7. The number of unbranched alkanes of at least 4 members (excludes halogenated alkanes) is 1. The number of ether oxygens (including phenoxy) is 1. The van der Waals surface area contributed by atoms with Crippen LogP contribution in [0.2, 0.25) is 0 Å². The minimum absolute atomic E-state index is 0.253. The van der Waals surface area contributed by atoms with Gasteiger partial charge in [0.2, 0.25) is 0 Å². The summed E-state index contributed by atoms with van der Waals surface area (Å²) in [6.45, 7) is 10.2. The van der Waals surface area contributed by atoms with E-state index in [2.05, 4.69) is 25.2 Å². The van der Waals surface area contributed by atoms with Gasteiger partial charge >= 0.3 is 0 Å². The average molecular weight is 371 g/mol. The van der Waals surface area contributed by atoms with Crippen LogP contribution < -0.4 is 10.1 Å². The number of nitrogens with one attached hydrogen (secondary N) is 1. The number of allylic oxidation sites excluding steroid dienone is 2. The molecule has 0 atom stereocenters. The number of hydrogen-bond acceptors (Lipinski definition) is 3. The molecule has 0 unspecified atom stereocenters. The van der Waals surface area contributed by atoms with Crippen LogP contribution in [0.25, 0.3) is 16.7 Å². The fraction of sp³-hybridized carbons (Fsp3) is 0.435. The molecule has 0 radical (unpaired) electrons. The van der Waals surface area contributed by atoms with Crippen LogP contribution in [0.1, 0.15) is 58.7 Å². The summed E-state index contributed by atoms with van der Waals surface area (Å²) in [5, 5.41) is 3.18. The maximum Gasteiger partial charge on any atom is 0.134 e. The summed E-state index contributed by atoms with van der Waals surface area (Å²) in [7, 11) is 3.41. The number of nitrogens with zero attached hydrogens (tertiary/aromatic N) is 1. The fourth-order valence-electron chi connectivity index (χ4n) is 3.06. The van der Waals surface area contributed by atoms with Crippen LogP contribution >= 0.6 is 0 Å². The van der Waals surface area contributed by atoms with Crippen molar-refractivity contribution in [2.24, 2.45) is 0 Å². The van der Waals surface area contributed by atoms with E-state index in [1.807, 2.05) is 46.0 Å². The zero-order valence-corrected chi connectivity index (χ0v) is 17.5. The molecule has 0 saturated heterocycles. The molecule has 0 fully saturated rings. The predicted molar refractivity (Wildman–Crippen MR) is 113 cm³/mol. The number of anilines is 1. The van der Waals surface area contributed by atoms with Crippen molar-refractivity contribution < 1.29 is 9.13 Å². The molecule has 2 rings (SSSR count). The quantitative estimate of drug-likeness (QED) is 0.635. The van der Waals surface area contributed by atoms with Gasteiger partial charge in [0.05, 0.1) is 12.8 Å². The Hall–Kier alpha value is -2.36. The van der Waals surface area contributed by atoms with Crippen molar-refractivity contribution in [1.82, 2.24) is 4.98 Å². The van der Waals surface area contributed by atoms with Crippen LogP contribution in [0.5, 0.6) is 5.75 Å². The maximum absolute atomic E-state index is 14.6. The Labute approximate surface area is 162 Å². The highest BCUT2D eigenvalue weighted by atomic mass is 19.1. The SMILES string of the molecule is CCC/C=C(\C)c1ccc(-c2cc(C(C)(C)C)c(F)cc2OC)c(NC)n1. The normalized spacial score (nSPS) is 12.2. The van der Waals surface area contributed by atoms with E-state index in [1.54, 1.807) is 7.11 Å². The van der Waals surface area contributed by atoms with E-state index in [4.69, 9.17) is 9.72 Å². The van der Waals surface area contributed by atoms with Gasteiger partial charge in [0.15, 0.2) is 0 Å². The van der Waals surface area contributed by atoms with Gasteiger partial charge in [0.1, 0.15) is 17.4 Å². The molecule has 0 aliphatic heterocycles. The number of hydrogen-bond donors (Lipinski definition) is 1. The molecule has 1 heterocycles. The largest absolute Gasteiger partial charge is 0.496 e. The van der Waals surface area contributed by atoms with E-state index in [0.717, 1.165) is 41.1 Å². The van der Waals surface area contributed by atoms with Gasteiger partial charge in [-0.1, -0.05) is 40.2 Å². The molecule has 1 N–H and O–H groups in total. The lowest BCUT2D eigenvalue weighted by Crippen LogP contribution is -2.14. The zero-order chi connectivity index (χ0) is 20.2. The smallest absolute Gasteiger partial charge is 0.134 e. The van der Waals surface area contributed by atoms with E-state index in [0.29, 0.717) is 11.3 Å². The third kappa shape index (κ3) is 4.68. The van der Waals surface area contributed by atoms with Crippen LogP contribution in [-0.4, -0.2) is 19.1 Å². The van der Waals surface area contributed by atoms with Crippen LogP contribution in [-0.2, 0) is 5.41 Å². The first-order valence-electron chi connectivity index (χ1n) is 9.47. The van der Waals surface area contributed by atoms with Gasteiger partial charge in [-0.25, -0.2) is 9.37 Å². The van der Waals surface area contributed by atoms with Crippen molar-refractivity contribution in [3.05, 3.63) is 47.4 Å².